The summed E-state index contributed by atoms with van der Waals surface area (Å²) in [5, 5.41) is 21.5. The Labute approximate surface area is 177 Å². The van der Waals surface area contributed by atoms with Gasteiger partial charge in [0.1, 0.15) is 5.60 Å². The number of aryl methyl sites for hydroxylation is 1. The van der Waals surface area contributed by atoms with Crippen LogP contribution in [0.4, 0.5) is 0 Å². The molecule has 7 nitrogen and oxygen atoms in total. The minimum absolute atomic E-state index is 0. The van der Waals surface area contributed by atoms with E-state index < -0.39 is 5.60 Å². The van der Waals surface area contributed by atoms with Crippen LogP contribution in [-0.2, 0) is 17.4 Å². The summed E-state index contributed by atoms with van der Waals surface area (Å²) >= 11 is 1.89. The molecule has 1 aromatic rings. The van der Waals surface area contributed by atoms with Crippen molar-refractivity contribution in [3.05, 3.63) is 18.0 Å². The molecule has 1 unspecified atom stereocenters. The van der Waals surface area contributed by atoms with Gasteiger partial charge in [-0.3, -0.25) is 4.68 Å². The summed E-state index contributed by atoms with van der Waals surface area (Å²) in [5.41, 5.74) is -0.286. The highest BCUT2D eigenvalue weighted by atomic mass is 127. The maximum atomic E-state index is 10.7. The van der Waals surface area contributed by atoms with Gasteiger partial charge in [0.2, 0.25) is 0 Å². The number of nitrogens with zero attached hydrogens (tertiary/aromatic N) is 3. The van der Waals surface area contributed by atoms with Crippen molar-refractivity contribution in [1.29, 1.82) is 0 Å². The molecule has 0 aliphatic carbocycles. The van der Waals surface area contributed by atoms with Crippen molar-refractivity contribution in [3.63, 3.8) is 0 Å². The molecule has 0 amide bonds. The third kappa shape index (κ3) is 6.58. The second kappa shape index (κ2) is 10.7. The first-order chi connectivity index (χ1) is 11.9. The van der Waals surface area contributed by atoms with E-state index in [4.69, 9.17) is 4.74 Å². The van der Waals surface area contributed by atoms with Crippen LogP contribution in [-0.4, -0.2) is 64.7 Å². The summed E-state index contributed by atoms with van der Waals surface area (Å²) in [6.07, 6.45) is 7.73. The average Bonchev–Trinajstić information content (AvgIpc) is 3.06. The van der Waals surface area contributed by atoms with E-state index in [0.717, 1.165) is 50.7 Å². The molecule has 0 aromatic carbocycles. The van der Waals surface area contributed by atoms with Crippen LogP contribution >= 0.6 is 35.7 Å². The van der Waals surface area contributed by atoms with Crippen LogP contribution in [0.5, 0.6) is 0 Å². The lowest BCUT2D eigenvalue weighted by molar-refractivity contribution is 0.0671. The van der Waals surface area contributed by atoms with Crippen molar-refractivity contribution in [2.75, 3.05) is 39.1 Å². The Morgan fingerprint density at radius 3 is 2.69 bits per heavy atom. The molecular weight excluding hydrogens is 465 g/mol. The van der Waals surface area contributed by atoms with E-state index in [-0.39, 0.29) is 35.3 Å². The third-order valence-corrected chi connectivity index (χ3v) is 6.05. The summed E-state index contributed by atoms with van der Waals surface area (Å²) in [6, 6.07) is 0. The van der Waals surface area contributed by atoms with Crippen LogP contribution in [0.2, 0.25) is 0 Å². The van der Waals surface area contributed by atoms with E-state index in [1.54, 1.807) is 17.8 Å². The summed E-state index contributed by atoms with van der Waals surface area (Å²) in [4.78, 5) is 4.59. The standard InChI is InChI=1S/C17H31N5O2S.HI/c1-5-18-15(20-13-17(25-4)6-8-24-9-7-17)19-12-16(2,23)14-10-21-22(3)11-14;/h10-11,23H,5-9,12-13H2,1-4H3,(H2,18,19,20);1H. The topological polar surface area (TPSA) is 83.7 Å². The molecule has 0 saturated carbocycles. The molecule has 1 saturated heterocycles. The summed E-state index contributed by atoms with van der Waals surface area (Å²) in [5.74, 6) is 0.728. The second-order valence-corrected chi connectivity index (χ2v) is 8.00. The maximum Gasteiger partial charge on any atom is 0.191 e. The fraction of sp³-hybridized carbons (Fsp3) is 0.765. The molecule has 3 N–H and O–H groups in total. The number of aromatic nitrogens is 2. The highest BCUT2D eigenvalue weighted by molar-refractivity contribution is 14.0. The number of aliphatic hydroxyl groups is 1. The van der Waals surface area contributed by atoms with Gasteiger partial charge in [-0.25, -0.2) is 4.99 Å². The number of rotatable bonds is 7. The zero-order valence-corrected chi connectivity index (χ0v) is 19.3. The second-order valence-electron chi connectivity index (χ2n) is 6.72. The van der Waals surface area contributed by atoms with Crippen molar-refractivity contribution in [2.24, 2.45) is 12.0 Å². The Hall–Kier alpha value is -0.520. The van der Waals surface area contributed by atoms with Gasteiger partial charge in [0.25, 0.3) is 0 Å². The number of aliphatic imine (C=N–C) groups is 1. The van der Waals surface area contributed by atoms with Crippen molar-refractivity contribution in [1.82, 2.24) is 20.4 Å². The van der Waals surface area contributed by atoms with Crippen molar-refractivity contribution in [2.45, 2.75) is 37.0 Å². The maximum absolute atomic E-state index is 10.7. The van der Waals surface area contributed by atoms with Gasteiger partial charge in [0.05, 0.1) is 12.7 Å². The number of ether oxygens (including phenoxy) is 1. The van der Waals surface area contributed by atoms with Crippen molar-refractivity contribution < 1.29 is 9.84 Å². The Morgan fingerprint density at radius 2 is 2.15 bits per heavy atom. The first kappa shape index (κ1) is 23.5. The lowest BCUT2D eigenvalue weighted by Crippen LogP contribution is -2.48. The van der Waals surface area contributed by atoms with Crippen LogP contribution < -0.4 is 10.6 Å². The molecule has 150 valence electrons. The van der Waals surface area contributed by atoms with Crippen molar-refractivity contribution in [3.8, 4) is 0 Å². The number of halogens is 1. The Bertz CT molecular complexity index is 573. The average molecular weight is 497 g/mol. The van der Waals surface area contributed by atoms with Gasteiger partial charge < -0.3 is 20.5 Å². The van der Waals surface area contributed by atoms with E-state index >= 15 is 0 Å². The van der Waals surface area contributed by atoms with Gasteiger partial charge in [-0.05, 0) is 32.9 Å². The van der Waals surface area contributed by atoms with Crippen LogP contribution in [0.3, 0.4) is 0 Å². The molecule has 2 rings (SSSR count). The van der Waals surface area contributed by atoms with E-state index in [2.05, 4.69) is 27.0 Å². The number of nitrogens with one attached hydrogen (secondary N) is 2. The zero-order valence-electron chi connectivity index (χ0n) is 16.1. The SMILES string of the molecule is CCNC(=NCC(C)(O)c1cnn(C)c1)NCC1(SC)CCOCC1.I. The summed E-state index contributed by atoms with van der Waals surface area (Å²) in [6.45, 7) is 7.30. The fourth-order valence-electron chi connectivity index (χ4n) is 2.81. The first-order valence-corrected chi connectivity index (χ1v) is 10.00. The molecule has 1 aromatic heterocycles. The van der Waals surface area contributed by atoms with Crippen LogP contribution in [0.1, 0.15) is 32.3 Å². The highest BCUT2D eigenvalue weighted by Crippen LogP contribution is 2.32. The molecule has 1 fully saturated rings. The van der Waals surface area contributed by atoms with Gasteiger partial charge in [0.15, 0.2) is 5.96 Å². The quantitative estimate of drug-likeness (QED) is 0.302. The molecule has 0 radical (unpaired) electrons. The van der Waals surface area contributed by atoms with Gasteiger partial charge in [-0.2, -0.15) is 16.9 Å². The molecule has 1 aliphatic heterocycles. The minimum atomic E-state index is -1.05. The molecule has 0 bridgehead atoms. The predicted octanol–water partition coefficient (Wildman–Crippen LogP) is 1.71. The fourth-order valence-corrected chi connectivity index (χ4v) is 3.60. The number of thioether (sulfide) groups is 1. The highest BCUT2D eigenvalue weighted by Gasteiger charge is 2.32. The van der Waals surface area contributed by atoms with Crippen LogP contribution in [0.25, 0.3) is 0 Å². The molecule has 1 aliphatic rings. The smallest absolute Gasteiger partial charge is 0.191 e. The predicted molar refractivity (Wildman–Crippen MR) is 118 cm³/mol. The first-order valence-electron chi connectivity index (χ1n) is 8.77. The lowest BCUT2D eigenvalue weighted by atomic mass is 9.99. The normalized spacial score (nSPS) is 19.3. The van der Waals surface area contributed by atoms with E-state index in [1.165, 1.54) is 0 Å². The number of hydrogen-bond acceptors (Lipinski definition) is 5. The lowest BCUT2D eigenvalue weighted by Gasteiger charge is -2.36. The Morgan fingerprint density at radius 1 is 1.46 bits per heavy atom. The Kier molecular flexibility index (Phi) is 9.70. The van der Waals surface area contributed by atoms with Crippen molar-refractivity contribution >= 4 is 41.7 Å². The van der Waals surface area contributed by atoms with E-state index in [1.807, 2.05) is 31.9 Å². The molecular formula is C17H32IN5O2S. The summed E-state index contributed by atoms with van der Waals surface area (Å²) in [7, 11) is 1.84. The minimum Gasteiger partial charge on any atom is -0.383 e. The van der Waals surface area contributed by atoms with Gasteiger partial charge in [-0.15, -0.1) is 24.0 Å². The molecule has 0 spiro atoms. The van der Waals surface area contributed by atoms with Crippen LogP contribution in [0, 0.1) is 0 Å². The zero-order chi connectivity index (χ0) is 18.3. The third-order valence-electron chi connectivity index (χ3n) is 4.63. The van der Waals surface area contributed by atoms with Gasteiger partial charge >= 0.3 is 0 Å². The van der Waals surface area contributed by atoms with Gasteiger partial charge in [-0.1, -0.05) is 0 Å². The summed E-state index contributed by atoms with van der Waals surface area (Å²) < 4.78 is 7.36. The number of guanidine groups is 1. The van der Waals surface area contributed by atoms with Crippen LogP contribution in [0.15, 0.2) is 17.4 Å². The Balaban J connectivity index is 0.00000338. The van der Waals surface area contributed by atoms with E-state index in [0.29, 0.717) is 0 Å². The van der Waals surface area contributed by atoms with E-state index in [9.17, 15) is 5.11 Å². The van der Waals surface area contributed by atoms with Gasteiger partial charge in [0, 0.05) is 49.9 Å². The number of hydrogen-bond donors (Lipinski definition) is 3. The molecule has 2 heterocycles. The largest absolute Gasteiger partial charge is 0.383 e. The monoisotopic (exact) mass is 497 g/mol. The molecule has 1 atom stereocenters. The molecule has 26 heavy (non-hydrogen) atoms. The molecule has 9 heteroatoms.